The van der Waals surface area contributed by atoms with Gasteiger partial charge in [-0.05, 0) is 24.1 Å². The van der Waals surface area contributed by atoms with E-state index in [1.165, 1.54) is 22.5 Å². The van der Waals surface area contributed by atoms with E-state index in [0.717, 1.165) is 6.07 Å². The SMILES string of the molecule is CC(C)CNC(=O)NC(=O)CN1CCN(S(=O)(=O)c2cccc(F)c2)CC1. The molecule has 1 aromatic carbocycles. The first kappa shape index (κ1) is 21.3. The summed E-state index contributed by atoms with van der Waals surface area (Å²) in [4.78, 5) is 25.2. The van der Waals surface area contributed by atoms with Crippen molar-refractivity contribution in [3.8, 4) is 0 Å². The van der Waals surface area contributed by atoms with E-state index in [4.69, 9.17) is 0 Å². The minimum absolute atomic E-state index is 0.00293. The first-order valence-electron chi connectivity index (χ1n) is 8.74. The maximum Gasteiger partial charge on any atom is 0.321 e. The van der Waals surface area contributed by atoms with Crippen LogP contribution in [0.5, 0.6) is 0 Å². The lowest BCUT2D eigenvalue weighted by molar-refractivity contribution is -0.121. The van der Waals surface area contributed by atoms with Gasteiger partial charge in [0, 0.05) is 32.7 Å². The highest BCUT2D eigenvalue weighted by Gasteiger charge is 2.29. The lowest BCUT2D eigenvalue weighted by atomic mass is 10.2. The van der Waals surface area contributed by atoms with Crippen molar-refractivity contribution in [3.63, 3.8) is 0 Å². The van der Waals surface area contributed by atoms with E-state index in [-0.39, 0.29) is 30.4 Å². The van der Waals surface area contributed by atoms with Crippen LogP contribution in [0, 0.1) is 11.7 Å². The summed E-state index contributed by atoms with van der Waals surface area (Å²) in [5.41, 5.74) is 0. The van der Waals surface area contributed by atoms with Gasteiger partial charge in [-0.2, -0.15) is 4.31 Å². The Morgan fingerprint density at radius 3 is 2.44 bits per heavy atom. The molecule has 0 bridgehead atoms. The normalized spacial score (nSPS) is 16.3. The van der Waals surface area contributed by atoms with Gasteiger partial charge in [0.15, 0.2) is 0 Å². The van der Waals surface area contributed by atoms with Crippen molar-refractivity contribution in [2.75, 3.05) is 39.3 Å². The molecule has 3 amide bonds. The van der Waals surface area contributed by atoms with E-state index in [1.807, 2.05) is 13.8 Å². The highest BCUT2D eigenvalue weighted by molar-refractivity contribution is 7.89. The number of halogens is 1. The van der Waals surface area contributed by atoms with Crippen LogP contribution in [-0.4, -0.2) is 68.8 Å². The molecular formula is C17H25FN4O4S. The van der Waals surface area contributed by atoms with Crippen LogP contribution < -0.4 is 10.6 Å². The number of amides is 3. The zero-order valence-electron chi connectivity index (χ0n) is 15.4. The minimum atomic E-state index is -3.77. The van der Waals surface area contributed by atoms with Gasteiger partial charge < -0.3 is 5.32 Å². The standard InChI is InChI=1S/C17H25FN4O4S/c1-13(2)11-19-17(24)20-16(23)12-21-6-8-22(9-7-21)27(25,26)15-5-3-4-14(18)10-15/h3-5,10,13H,6-9,11-12H2,1-2H3,(H2,19,20,23,24). The van der Waals surface area contributed by atoms with Crippen LogP contribution in [0.25, 0.3) is 0 Å². The summed E-state index contributed by atoms with van der Waals surface area (Å²) >= 11 is 0. The monoisotopic (exact) mass is 400 g/mol. The van der Waals surface area contributed by atoms with Gasteiger partial charge in [-0.3, -0.25) is 15.0 Å². The summed E-state index contributed by atoms with van der Waals surface area (Å²) in [7, 11) is -3.77. The van der Waals surface area contributed by atoms with Gasteiger partial charge in [-0.1, -0.05) is 19.9 Å². The Kier molecular flexibility index (Phi) is 7.28. The lowest BCUT2D eigenvalue weighted by Crippen LogP contribution is -2.52. The van der Waals surface area contributed by atoms with Crippen molar-refractivity contribution in [1.82, 2.24) is 19.8 Å². The predicted octanol–water partition coefficient (Wildman–Crippen LogP) is 0.614. The molecule has 0 radical (unpaired) electrons. The maximum atomic E-state index is 13.3. The van der Waals surface area contributed by atoms with Crippen LogP contribution in [0.2, 0.25) is 0 Å². The molecule has 1 aliphatic rings. The molecule has 1 saturated heterocycles. The third-order valence-electron chi connectivity index (χ3n) is 4.06. The number of nitrogens with zero attached hydrogens (tertiary/aromatic N) is 2. The first-order valence-corrected chi connectivity index (χ1v) is 10.2. The largest absolute Gasteiger partial charge is 0.338 e. The summed E-state index contributed by atoms with van der Waals surface area (Å²) in [6, 6.07) is 4.35. The second kappa shape index (κ2) is 9.25. The maximum absolute atomic E-state index is 13.3. The number of urea groups is 1. The molecule has 1 heterocycles. The second-order valence-electron chi connectivity index (χ2n) is 6.79. The quantitative estimate of drug-likeness (QED) is 0.729. The van der Waals surface area contributed by atoms with Crippen molar-refractivity contribution >= 4 is 22.0 Å². The van der Waals surface area contributed by atoms with Gasteiger partial charge in [0.2, 0.25) is 15.9 Å². The molecule has 2 N–H and O–H groups in total. The molecular weight excluding hydrogens is 375 g/mol. The average Bonchev–Trinajstić information content (AvgIpc) is 2.60. The lowest BCUT2D eigenvalue weighted by Gasteiger charge is -2.33. The Morgan fingerprint density at radius 2 is 1.85 bits per heavy atom. The predicted molar refractivity (Wildman–Crippen MR) is 98.0 cm³/mol. The van der Waals surface area contributed by atoms with Gasteiger partial charge in [0.1, 0.15) is 5.82 Å². The van der Waals surface area contributed by atoms with Gasteiger partial charge in [0.05, 0.1) is 11.4 Å². The molecule has 0 saturated carbocycles. The molecule has 2 rings (SSSR count). The van der Waals surface area contributed by atoms with Gasteiger partial charge in [-0.15, -0.1) is 0 Å². The van der Waals surface area contributed by atoms with Crippen molar-refractivity contribution in [3.05, 3.63) is 30.1 Å². The molecule has 0 atom stereocenters. The Balaban J connectivity index is 1.83. The van der Waals surface area contributed by atoms with Crippen LogP contribution in [0.4, 0.5) is 9.18 Å². The fraction of sp³-hybridized carbons (Fsp3) is 0.529. The van der Waals surface area contributed by atoms with Gasteiger partial charge in [0.25, 0.3) is 0 Å². The number of carbonyl (C=O) groups excluding carboxylic acids is 2. The van der Waals surface area contributed by atoms with Gasteiger partial charge >= 0.3 is 6.03 Å². The first-order chi connectivity index (χ1) is 12.7. The molecule has 1 aromatic rings. The molecule has 150 valence electrons. The zero-order chi connectivity index (χ0) is 20.0. The van der Waals surface area contributed by atoms with Crippen LogP contribution in [-0.2, 0) is 14.8 Å². The number of carbonyl (C=O) groups is 2. The fourth-order valence-corrected chi connectivity index (χ4v) is 4.07. The minimum Gasteiger partial charge on any atom is -0.338 e. The molecule has 0 unspecified atom stereocenters. The number of piperazine rings is 1. The molecule has 8 nitrogen and oxygen atoms in total. The smallest absolute Gasteiger partial charge is 0.321 e. The van der Waals surface area contributed by atoms with E-state index >= 15 is 0 Å². The third kappa shape index (κ3) is 6.26. The Hall–Kier alpha value is -2.04. The summed E-state index contributed by atoms with van der Waals surface area (Å²) in [6.07, 6.45) is 0. The number of nitrogens with one attached hydrogen (secondary N) is 2. The van der Waals surface area contributed by atoms with Crippen LogP contribution in [0.15, 0.2) is 29.2 Å². The van der Waals surface area contributed by atoms with Crippen LogP contribution >= 0.6 is 0 Å². The molecule has 1 aliphatic heterocycles. The molecule has 0 spiro atoms. The van der Waals surface area contributed by atoms with E-state index in [9.17, 15) is 22.4 Å². The summed E-state index contributed by atoms with van der Waals surface area (Å²) < 4.78 is 39.7. The van der Waals surface area contributed by atoms with E-state index in [1.54, 1.807) is 4.90 Å². The number of benzene rings is 1. The van der Waals surface area contributed by atoms with E-state index in [2.05, 4.69) is 10.6 Å². The molecule has 27 heavy (non-hydrogen) atoms. The highest BCUT2D eigenvalue weighted by Crippen LogP contribution is 2.18. The Morgan fingerprint density at radius 1 is 1.19 bits per heavy atom. The Labute approximate surface area is 158 Å². The third-order valence-corrected chi connectivity index (χ3v) is 5.95. The van der Waals surface area contributed by atoms with E-state index in [0.29, 0.717) is 19.6 Å². The Bertz CT molecular complexity index is 777. The van der Waals surface area contributed by atoms with E-state index < -0.39 is 27.8 Å². The number of hydrogen-bond acceptors (Lipinski definition) is 5. The number of imide groups is 1. The zero-order valence-corrected chi connectivity index (χ0v) is 16.3. The topological polar surface area (TPSA) is 98.8 Å². The van der Waals surface area contributed by atoms with Crippen LogP contribution in [0.3, 0.4) is 0 Å². The molecule has 0 aromatic heterocycles. The molecule has 1 fully saturated rings. The van der Waals surface area contributed by atoms with Crippen LogP contribution in [0.1, 0.15) is 13.8 Å². The summed E-state index contributed by atoms with van der Waals surface area (Å²) in [5, 5.41) is 4.84. The number of sulfonamides is 1. The highest BCUT2D eigenvalue weighted by atomic mass is 32.2. The number of hydrogen-bond donors (Lipinski definition) is 2. The second-order valence-corrected chi connectivity index (χ2v) is 8.73. The average molecular weight is 400 g/mol. The molecule has 0 aliphatic carbocycles. The van der Waals surface area contributed by atoms with Crippen molar-refractivity contribution in [1.29, 1.82) is 0 Å². The van der Waals surface area contributed by atoms with Crippen molar-refractivity contribution in [2.24, 2.45) is 5.92 Å². The van der Waals surface area contributed by atoms with Crippen molar-refractivity contribution in [2.45, 2.75) is 18.7 Å². The van der Waals surface area contributed by atoms with Crippen molar-refractivity contribution < 1.29 is 22.4 Å². The summed E-state index contributed by atoms with van der Waals surface area (Å²) in [6.45, 7) is 5.42. The fourth-order valence-electron chi connectivity index (χ4n) is 2.61. The summed E-state index contributed by atoms with van der Waals surface area (Å²) in [5.74, 6) is -0.779. The van der Waals surface area contributed by atoms with Gasteiger partial charge in [-0.25, -0.2) is 17.6 Å². The molecule has 10 heteroatoms. The number of rotatable bonds is 6.